The van der Waals surface area contributed by atoms with Crippen LogP contribution in [0.3, 0.4) is 0 Å². The molecule has 0 aromatic heterocycles. The van der Waals surface area contributed by atoms with Crippen molar-refractivity contribution in [2.75, 3.05) is 7.11 Å². The number of ether oxygens (including phenoxy) is 1. The fourth-order valence-corrected chi connectivity index (χ4v) is 2.00. The van der Waals surface area contributed by atoms with E-state index >= 15 is 0 Å². The van der Waals surface area contributed by atoms with Gasteiger partial charge in [-0.2, -0.15) is 0 Å². The first kappa shape index (κ1) is 9.30. The van der Waals surface area contributed by atoms with Gasteiger partial charge in [0.2, 0.25) is 0 Å². The summed E-state index contributed by atoms with van der Waals surface area (Å²) in [6, 6.07) is 9.26. The van der Waals surface area contributed by atoms with Crippen molar-refractivity contribution in [3.63, 3.8) is 0 Å². The van der Waals surface area contributed by atoms with Crippen LogP contribution in [0.4, 0.5) is 4.39 Å². The molecule has 0 radical (unpaired) electrons. The van der Waals surface area contributed by atoms with Gasteiger partial charge >= 0.3 is 77.0 Å². The van der Waals surface area contributed by atoms with Crippen molar-refractivity contribution in [3.8, 4) is 0 Å². The van der Waals surface area contributed by atoms with Crippen molar-refractivity contribution in [2.45, 2.75) is 0 Å². The number of halogens is 1. The molecule has 0 saturated heterocycles. The quantitative estimate of drug-likeness (QED) is 0.564. The first-order chi connectivity index (χ1) is 5.83. The van der Waals surface area contributed by atoms with Gasteiger partial charge in [-0.05, 0) is 0 Å². The maximum absolute atomic E-state index is 12.5. The van der Waals surface area contributed by atoms with Gasteiger partial charge in [-0.1, -0.05) is 0 Å². The molecule has 0 bridgehead atoms. The van der Waals surface area contributed by atoms with Crippen molar-refractivity contribution in [3.05, 3.63) is 41.3 Å². The molecule has 64 valence electrons. The number of hydrogen-bond donors (Lipinski definition) is 0. The SMILES string of the molecule is CO/C(F)=C\[Se]c1ccccc1. The Morgan fingerprint density at radius 2 is 2.08 bits per heavy atom. The third-order valence-corrected chi connectivity index (χ3v) is 3.00. The van der Waals surface area contributed by atoms with Gasteiger partial charge in [0.05, 0.1) is 0 Å². The summed E-state index contributed by atoms with van der Waals surface area (Å²) in [4.78, 5) is 1.47. The Bertz CT molecular complexity index is 258. The van der Waals surface area contributed by atoms with Crippen LogP contribution in [0.2, 0.25) is 0 Å². The second kappa shape index (κ2) is 4.96. The average Bonchev–Trinajstić information content (AvgIpc) is 2.16. The van der Waals surface area contributed by atoms with Gasteiger partial charge in [-0.25, -0.2) is 0 Å². The van der Waals surface area contributed by atoms with E-state index in [2.05, 4.69) is 4.74 Å². The van der Waals surface area contributed by atoms with Gasteiger partial charge in [-0.3, -0.25) is 0 Å². The van der Waals surface area contributed by atoms with E-state index in [0.717, 1.165) is 4.46 Å². The first-order valence-corrected chi connectivity index (χ1v) is 5.29. The summed E-state index contributed by atoms with van der Waals surface area (Å²) in [6.45, 7) is 0. The van der Waals surface area contributed by atoms with Crippen LogP contribution >= 0.6 is 0 Å². The van der Waals surface area contributed by atoms with E-state index in [-0.39, 0.29) is 15.0 Å². The minimum absolute atomic E-state index is 0.0291. The summed E-state index contributed by atoms with van der Waals surface area (Å²) in [5.41, 5.74) is 0. The number of rotatable bonds is 3. The number of hydrogen-bond acceptors (Lipinski definition) is 1. The molecule has 12 heavy (non-hydrogen) atoms. The Labute approximate surface area is 77.4 Å². The van der Waals surface area contributed by atoms with Crippen LogP contribution in [0.1, 0.15) is 0 Å². The monoisotopic (exact) mass is 232 g/mol. The van der Waals surface area contributed by atoms with Crippen LogP contribution in [0.5, 0.6) is 0 Å². The Hall–Kier alpha value is -0.791. The van der Waals surface area contributed by atoms with E-state index in [4.69, 9.17) is 0 Å². The van der Waals surface area contributed by atoms with Crippen LogP contribution in [-0.4, -0.2) is 22.1 Å². The molecule has 1 nitrogen and oxygen atoms in total. The molecule has 3 heteroatoms. The summed E-state index contributed by atoms with van der Waals surface area (Å²) in [5.74, 6) is 0. The average molecular weight is 231 g/mol. The van der Waals surface area contributed by atoms with Crippen molar-refractivity contribution in [1.82, 2.24) is 0 Å². The molecule has 0 aliphatic carbocycles. The van der Waals surface area contributed by atoms with Gasteiger partial charge in [0.1, 0.15) is 0 Å². The standard InChI is InChI=1S/C9H9FOSe/c1-11-9(10)7-12-8-5-3-2-4-6-8/h2-7H,1H3/b9-7-. The molecule has 0 saturated carbocycles. The van der Waals surface area contributed by atoms with Crippen LogP contribution in [0, 0.1) is 0 Å². The van der Waals surface area contributed by atoms with E-state index in [1.54, 1.807) is 0 Å². The summed E-state index contributed by atoms with van der Waals surface area (Å²) in [5, 5.41) is 0. The Kier molecular flexibility index (Phi) is 3.85. The Balaban J connectivity index is 2.54. The van der Waals surface area contributed by atoms with E-state index in [1.807, 2.05) is 30.3 Å². The Morgan fingerprint density at radius 1 is 1.42 bits per heavy atom. The molecule has 0 fully saturated rings. The van der Waals surface area contributed by atoms with Crippen molar-refractivity contribution < 1.29 is 9.13 Å². The molecule has 0 aliphatic heterocycles. The third-order valence-electron chi connectivity index (χ3n) is 1.23. The molecule has 0 heterocycles. The Morgan fingerprint density at radius 3 is 2.67 bits per heavy atom. The molecular formula is C9H9FOSe. The predicted molar refractivity (Wildman–Crippen MR) is 48.0 cm³/mol. The molecule has 0 unspecified atom stereocenters. The zero-order valence-electron chi connectivity index (χ0n) is 6.66. The topological polar surface area (TPSA) is 9.23 Å². The molecular weight excluding hydrogens is 222 g/mol. The molecule has 1 rings (SSSR count). The predicted octanol–water partition coefficient (Wildman–Crippen LogP) is 1.43. The van der Waals surface area contributed by atoms with Gasteiger partial charge < -0.3 is 0 Å². The molecule has 0 aliphatic rings. The zero-order valence-corrected chi connectivity index (χ0v) is 8.37. The van der Waals surface area contributed by atoms with Crippen LogP contribution < -0.4 is 4.46 Å². The minimum atomic E-state index is -0.501. The fourth-order valence-electron chi connectivity index (χ4n) is 0.662. The number of methoxy groups -OCH3 is 1. The van der Waals surface area contributed by atoms with E-state index in [9.17, 15) is 4.39 Å². The zero-order chi connectivity index (χ0) is 8.81. The first-order valence-electron chi connectivity index (χ1n) is 3.44. The fraction of sp³-hybridized carbons (Fsp3) is 0.111. The normalized spacial score (nSPS) is 11.3. The van der Waals surface area contributed by atoms with Gasteiger partial charge in [0, 0.05) is 0 Å². The summed E-state index contributed by atoms with van der Waals surface area (Å²) in [7, 11) is 1.33. The molecule has 0 amide bonds. The summed E-state index contributed by atoms with van der Waals surface area (Å²) >= 11 is 0.0291. The summed E-state index contributed by atoms with van der Waals surface area (Å²) < 4.78 is 18.0. The molecule has 0 spiro atoms. The van der Waals surface area contributed by atoms with E-state index in [1.165, 1.54) is 12.1 Å². The van der Waals surface area contributed by atoms with Gasteiger partial charge in [0.25, 0.3) is 0 Å². The molecule has 0 N–H and O–H groups in total. The van der Waals surface area contributed by atoms with E-state index < -0.39 is 6.01 Å². The van der Waals surface area contributed by atoms with Gasteiger partial charge in [0.15, 0.2) is 0 Å². The maximum atomic E-state index is 12.5. The van der Waals surface area contributed by atoms with Crippen molar-refractivity contribution >= 4 is 19.4 Å². The van der Waals surface area contributed by atoms with Crippen molar-refractivity contribution in [1.29, 1.82) is 0 Å². The molecule has 0 atom stereocenters. The van der Waals surface area contributed by atoms with E-state index in [0.29, 0.717) is 0 Å². The van der Waals surface area contributed by atoms with Crippen LogP contribution in [0.25, 0.3) is 0 Å². The summed E-state index contributed by atoms with van der Waals surface area (Å²) in [6.07, 6.45) is 0. The molecule has 1 aromatic carbocycles. The van der Waals surface area contributed by atoms with Crippen LogP contribution in [-0.2, 0) is 4.74 Å². The van der Waals surface area contributed by atoms with Crippen LogP contribution in [0.15, 0.2) is 41.3 Å². The second-order valence-electron chi connectivity index (χ2n) is 2.06. The second-order valence-corrected chi connectivity index (χ2v) is 4.04. The molecule has 1 aromatic rings. The van der Waals surface area contributed by atoms with Gasteiger partial charge in [-0.15, -0.1) is 0 Å². The number of benzene rings is 1. The third kappa shape index (κ3) is 3.07. The van der Waals surface area contributed by atoms with Crippen molar-refractivity contribution in [2.24, 2.45) is 0 Å².